The van der Waals surface area contributed by atoms with Crippen LogP contribution in [0.2, 0.25) is 0 Å². The Morgan fingerprint density at radius 1 is 0.341 bits per heavy atom. The van der Waals surface area contributed by atoms with Gasteiger partial charge in [-0.3, -0.25) is 96.3 Å². The van der Waals surface area contributed by atoms with Gasteiger partial charge in [-0.15, -0.1) is 0 Å². The summed E-state index contributed by atoms with van der Waals surface area (Å²) < 4.78 is 248. The number of fused-ring (bicyclic) bond motifs is 13. The number of alkyl halides is 5. The summed E-state index contributed by atoms with van der Waals surface area (Å²) in [7, 11) is -20.6. The Kier molecular flexibility index (Phi) is 24.6. The van der Waals surface area contributed by atoms with Crippen LogP contribution in [-0.2, 0) is 117 Å². The van der Waals surface area contributed by atoms with Gasteiger partial charge in [-0.2, -0.15) is 0 Å². The van der Waals surface area contributed by atoms with Crippen molar-refractivity contribution in [1.82, 2.24) is 117 Å². The van der Waals surface area contributed by atoms with Crippen LogP contribution in [0.1, 0.15) is 37.4 Å². The van der Waals surface area contributed by atoms with E-state index in [-0.39, 0.29) is 78.6 Å². The molecule has 0 spiro atoms. The molecule has 18 unspecified atom stereocenters. The number of anilines is 2. The summed E-state index contributed by atoms with van der Waals surface area (Å²) in [6.45, 7) is -13.6. The summed E-state index contributed by atoms with van der Waals surface area (Å²) in [5, 5.41) is 11.0. The van der Waals surface area contributed by atoms with Gasteiger partial charge in [0.25, 0.3) is 22.2 Å². The van der Waals surface area contributed by atoms with E-state index in [0.29, 0.717) is 0 Å². The van der Waals surface area contributed by atoms with Gasteiger partial charge in [-0.25, -0.2) is 115 Å². The number of nitrogens with two attached hydrogens (primary N) is 2. The van der Waals surface area contributed by atoms with Crippen molar-refractivity contribution in [2.75, 3.05) is 51.1 Å². The number of hydrogen-bond donors (Lipinski definition) is 13. The number of rotatable bonds is 6. The third-order valence-corrected chi connectivity index (χ3v) is 28.6. The molecule has 14 N–H and O–H groups in total. The highest BCUT2D eigenvalue weighted by molar-refractivity contribution is 8.44. The highest BCUT2D eigenvalue weighted by Gasteiger charge is 2.60. The van der Waals surface area contributed by atoms with Crippen molar-refractivity contribution >= 4 is 147 Å². The summed E-state index contributed by atoms with van der Waals surface area (Å²) in [4.78, 5) is 166. The molecule has 12 aromatic rings. The van der Waals surface area contributed by atoms with E-state index >= 15 is 22.0 Å². The highest BCUT2D eigenvalue weighted by atomic mass is 32.7. The molecule has 0 radical (unpaired) electrons. The predicted octanol–water partition coefficient (Wildman–Crippen LogP) is -0.120. The lowest BCUT2D eigenvalue weighted by Gasteiger charge is -2.29. The Hall–Kier alpha value is -9.06. The fourth-order valence-electron chi connectivity index (χ4n) is 15.5. The van der Waals surface area contributed by atoms with E-state index in [1.165, 1.54) is 21.8 Å². The minimum atomic E-state index is -5.17. The summed E-state index contributed by atoms with van der Waals surface area (Å²) in [5.41, 5.74) is 8.98. The Balaban J connectivity index is 0.000000128. The largest absolute Gasteiger partial charge is 0.472 e. The fourth-order valence-corrected chi connectivity index (χ4v) is 22.2. The number of H-pyrrole nitrogens is 4. The first-order chi connectivity index (χ1) is 62.8. The monoisotopic (exact) mass is 2020 g/mol. The van der Waals surface area contributed by atoms with Crippen molar-refractivity contribution in [3.05, 3.63) is 117 Å². The SMILES string of the molecule is Nc1ncnc2c1ncn2C1OC2COP(=O)(O)O[C@@H]3C(COP(=O)(O)O[C@@H]1[C@@H]2O)OC(n1cnc2c(=O)[nH]cnc21)[C@@H]3F.Nc1ncnc2c1ncn2C1OC2COP(O)(=S)O[C@@H]3C(COP(=O)(S)O[C@H]2[C@H]1F)OC(n1cnc2c(=O)[nH]cnc21)[C@@H]3F.O=c1[nH]cnc2c1ncn2C1OC2COP(=O)(O)O[C@@H]3C(COP(=O)(O)O[C@H]2[C@H]1F)OC(n1cnc2c(=O)[nH]cnc21)[C@@H]3F. The third kappa shape index (κ3) is 17.5. The number of ether oxygens (including phenoxy) is 6. The molecule has 72 heteroatoms. The number of aliphatic hydroxyl groups is 1. The molecule has 708 valence electrons. The lowest BCUT2D eigenvalue weighted by molar-refractivity contribution is -0.0671. The number of phosphoric ester groups is 4. The molecule has 21 heterocycles. The van der Waals surface area contributed by atoms with Gasteiger partial charge < -0.3 is 93.9 Å². The Morgan fingerprint density at radius 3 is 0.917 bits per heavy atom. The number of thiol groups is 1. The topological polar surface area (TPSA) is 766 Å². The molecule has 132 heavy (non-hydrogen) atoms. The van der Waals surface area contributed by atoms with Crippen molar-refractivity contribution in [2.24, 2.45) is 0 Å². The molecule has 30 atom stereocenters. The quantitative estimate of drug-likeness (QED) is 0.0586. The molecule has 12 aromatic heterocycles. The smallest absolute Gasteiger partial charge is 0.387 e. The normalized spacial score (nSPS) is 38.3. The number of phosphoric acid groups is 4. The average Bonchev–Trinajstić information content (AvgIpc) is 1.62. The molecule has 9 saturated heterocycles. The molecule has 21 rings (SSSR count). The standard InChI is InChI=1S/C20H21F2N9O9P2S2.C20H20F2N8O12P2.C20H22FN9O12P2/c21-9-13-7(37-19(9)30-5-28-11-15(23)24-3-25-16(11)30)1-35-42(34,44)40-14-8(2-36-41(33,43)39-13)38-20(10(14)22)31-6-29-12-17(31)26-4-27-18(12)32;21-9-13-7(39-19(9)29-5-27-11-15(29)23-3-25-17(11)31)1-37-43(33,34)42-14-8(2-38-44(35,36)41-13)40-20(10(14)22)30-6-28-12-16(30)24-4-26-18(12)32;21-9-13-8(40-19(9)29-6-28-11-17(29)25-4-26-18(11)32)2-38-44(35,36)42-14-12(31)7(1-37-43(33,34)41-13)39-20(14)30-5-27-10-15(22)23-3-24-16(10)30/h3-10,13-14,19-20H,1-2H2,(H,33,43)(H,34,44)(H2,23,24,25)(H,26,27,32);3-10,13-14,19-20H,1-2H2,(H,33,34)(H,35,36)(H,23,25,31)(H,24,26,32);3-9,12-14,19-20,31H,1-2H2,(H,33,34)(H,35,36)(H2,22,23,24)(H,25,26,32)/t7?,8?,9-,10-,13-,14-,19?,20?,41?,42?;7?,8?,9-,10-,13-,14-,19?,20?;7?,8?,9-,12-,13-,14-,19?,20?/m111/s1. The van der Waals surface area contributed by atoms with E-state index in [1.54, 1.807) is 0 Å². The predicted molar refractivity (Wildman–Crippen MR) is 423 cm³/mol. The van der Waals surface area contributed by atoms with E-state index in [1.807, 2.05) is 0 Å². The molecular formula is C60H63F5N26O33P6S2. The second-order valence-corrected chi connectivity index (χ2v) is 40.8. The maximum absolute atomic E-state index is 15.9. The number of imidazole rings is 6. The van der Waals surface area contributed by atoms with Crippen LogP contribution in [0.5, 0.6) is 0 Å². The van der Waals surface area contributed by atoms with Crippen LogP contribution in [0.15, 0.2) is 95.1 Å². The van der Waals surface area contributed by atoms with E-state index in [9.17, 15) is 71.6 Å². The Morgan fingerprint density at radius 2 is 0.591 bits per heavy atom. The fraction of sp³-hybridized carbons (Fsp3) is 0.500. The van der Waals surface area contributed by atoms with Crippen molar-refractivity contribution in [2.45, 2.75) is 148 Å². The van der Waals surface area contributed by atoms with Gasteiger partial charge in [0.2, 0.25) is 0 Å². The first-order valence-electron chi connectivity index (χ1n) is 38.0. The lowest BCUT2D eigenvalue weighted by atomic mass is 10.1. The van der Waals surface area contributed by atoms with Gasteiger partial charge in [0.05, 0.1) is 103 Å². The van der Waals surface area contributed by atoms with Crippen molar-refractivity contribution < 1.29 is 157 Å². The number of aromatic nitrogens is 24. The first kappa shape index (κ1) is 92.0. The molecule has 59 nitrogen and oxygen atoms in total. The van der Waals surface area contributed by atoms with Gasteiger partial charge in [0, 0.05) is 0 Å². The number of halogens is 5. The van der Waals surface area contributed by atoms with Gasteiger partial charge in [-0.1, -0.05) is 12.2 Å². The molecule has 2 bridgehead atoms. The van der Waals surface area contributed by atoms with Crippen LogP contribution in [-0.4, -0.2) is 297 Å². The second-order valence-electron chi connectivity index (χ2n) is 29.5. The molecule has 9 aliphatic heterocycles. The van der Waals surface area contributed by atoms with E-state index in [0.717, 1.165) is 81.5 Å². The molecule has 9 aliphatic rings. The van der Waals surface area contributed by atoms with E-state index < -0.39 is 254 Å². The number of aromatic amines is 4. The van der Waals surface area contributed by atoms with Crippen LogP contribution in [0.3, 0.4) is 0 Å². The van der Waals surface area contributed by atoms with E-state index in [2.05, 4.69) is 102 Å². The summed E-state index contributed by atoms with van der Waals surface area (Å²) in [6, 6.07) is 0. The zero-order valence-corrected chi connectivity index (χ0v) is 72.3. The number of nitrogens with one attached hydrogen (secondary N) is 4. The van der Waals surface area contributed by atoms with Crippen LogP contribution in [0, 0.1) is 0 Å². The van der Waals surface area contributed by atoms with Gasteiger partial charge in [0.15, 0.2) is 136 Å². The summed E-state index contributed by atoms with van der Waals surface area (Å²) in [6.07, 6.45) is -28.3. The van der Waals surface area contributed by atoms with Crippen molar-refractivity contribution in [1.29, 1.82) is 0 Å². The first-order valence-corrected chi connectivity index (χ1v) is 49.3. The Labute approximate surface area is 734 Å². The minimum absolute atomic E-state index is 0.00384. The maximum Gasteiger partial charge on any atom is 0.472 e. The average molecular weight is 2020 g/mol. The summed E-state index contributed by atoms with van der Waals surface area (Å²) >= 11 is 9.11. The maximum atomic E-state index is 15.9. The number of hydrogen-bond acceptors (Lipinski definition) is 45. The van der Waals surface area contributed by atoms with Crippen LogP contribution in [0.4, 0.5) is 33.6 Å². The number of nitrogen functional groups attached to an aromatic ring is 2. The van der Waals surface area contributed by atoms with Crippen molar-refractivity contribution in [3.8, 4) is 0 Å². The van der Waals surface area contributed by atoms with Gasteiger partial charge in [0.1, 0.15) is 103 Å². The lowest BCUT2D eigenvalue weighted by Crippen LogP contribution is -2.37. The zero-order valence-electron chi connectivity index (χ0n) is 65.3. The zero-order chi connectivity index (χ0) is 92.9. The molecular weight excluding hydrogens is 1960 g/mol. The molecule has 0 aliphatic carbocycles. The van der Waals surface area contributed by atoms with Gasteiger partial charge >= 0.3 is 44.8 Å². The minimum Gasteiger partial charge on any atom is -0.387 e. The summed E-state index contributed by atoms with van der Waals surface area (Å²) in [5.74, 6) is 0.0649. The van der Waals surface area contributed by atoms with Gasteiger partial charge in [-0.05, 0) is 11.8 Å². The Bertz CT molecular complexity index is 6890. The molecule has 0 aromatic carbocycles. The number of aliphatic hydroxyl groups excluding tert-OH is 1. The van der Waals surface area contributed by atoms with Crippen LogP contribution >= 0.6 is 57.1 Å². The third-order valence-electron chi connectivity index (χ3n) is 21.5. The molecule has 9 fully saturated rings. The molecule has 0 saturated carbocycles. The molecule has 0 amide bonds. The van der Waals surface area contributed by atoms with Crippen LogP contribution < -0.4 is 33.7 Å². The van der Waals surface area contributed by atoms with E-state index in [4.69, 9.17) is 106 Å². The highest BCUT2D eigenvalue weighted by Crippen LogP contribution is 2.61. The number of nitrogens with zero attached hydrogens (tertiary/aromatic N) is 20. The van der Waals surface area contributed by atoms with Crippen molar-refractivity contribution in [3.63, 3.8) is 0 Å². The van der Waals surface area contributed by atoms with Crippen LogP contribution in [0.25, 0.3) is 67.0 Å². The second kappa shape index (κ2) is 35.2.